The number of likely N-dealkylation sites (tertiary alicyclic amines) is 1. The third-order valence-corrected chi connectivity index (χ3v) is 7.76. The zero-order valence-electron chi connectivity index (χ0n) is 23.5. The molecule has 0 radical (unpaired) electrons. The molecule has 0 atom stereocenters. The molecule has 3 aromatic heterocycles. The summed E-state index contributed by atoms with van der Waals surface area (Å²) in [6, 6.07) is 5.39. The highest BCUT2D eigenvalue weighted by atomic mass is 19.4. The summed E-state index contributed by atoms with van der Waals surface area (Å²) in [5, 5.41) is 16.7. The lowest BCUT2D eigenvalue weighted by molar-refractivity contribution is -0.141. The van der Waals surface area contributed by atoms with Crippen LogP contribution in [0.3, 0.4) is 0 Å². The highest BCUT2D eigenvalue weighted by molar-refractivity contribution is 5.96. The van der Waals surface area contributed by atoms with Crippen molar-refractivity contribution in [3.8, 4) is 11.3 Å². The van der Waals surface area contributed by atoms with Crippen molar-refractivity contribution in [3.05, 3.63) is 59.8 Å². The number of hydrogen-bond donors (Lipinski definition) is 3. The topological polar surface area (TPSA) is 130 Å². The van der Waals surface area contributed by atoms with E-state index in [2.05, 4.69) is 25.7 Å². The number of hydrogen-bond acceptors (Lipinski definition) is 7. The van der Waals surface area contributed by atoms with E-state index in [9.17, 15) is 26.7 Å². The number of nitrogens with zero attached hydrogens (tertiary/aromatic N) is 6. The third kappa shape index (κ3) is 6.06. The Hall–Kier alpha value is -4.60. The molecule has 0 unspecified atom stereocenters. The highest BCUT2D eigenvalue weighted by Crippen LogP contribution is 2.38. The van der Waals surface area contributed by atoms with Crippen molar-refractivity contribution in [1.82, 2.24) is 34.4 Å². The van der Waals surface area contributed by atoms with Gasteiger partial charge in [-0.25, -0.2) is 18.7 Å². The fraction of sp³-hybridized carbons (Fsp3) is 0.393. The molecule has 11 nitrogen and oxygen atoms in total. The molecule has 6 rings (SSSR count). The minimum atomic E-state index is -4.86. The van der Waals surface area contributed by atoms with Gasteiger partial charge in [-0.15, -0.1) is 0 Å². The Morgan fingerprint density at radius 3 is 2.61 bits per heavy atom. The van der Waals surface area contributed by atoms with Gasteiger partial charge in [0.15, 0.2) is 17.2 Å². The van der Waals surface area contributed by atoms with Crippen LogP contribution < -0.4 is 10.6 Å². The summed E-state index contributed by atoms with van der Waals surface area (Å²) in [4.78, 5) is 32.2. The second-order valence-electron chi connectivity index (χ2n) is 10.7. The summed E-state index contributed by atoms with van der Waals surface area (Å²) in [5.74, 6) is 0.274. The highest BCUT2D eigenvalue weighted by Gasteiger charge is 2.44. The van der Waals surface area contributed by atoms with E-state index in [1.165, 1.54) is 23.0 Å². The molecule has 0 bridgehead atoms. The Bertz CT molecular complexity index is 1660. The third-order valence-electron chi connectivity index (χ3n) is 7.76. The lowest BCUT2D eigenvalue weighted by Crippen LogP contribution is -2.55. The molecule has 1 amide bonds. The predicted octanol–water partition coefficient (Wildman–Crippen LogP) is 4.32. The van der Waals surface area contributed by atoms with Crippen molar-refractivity contribution in [1.29, 1.82) is 0 Å². The summed E-state index contributed by atoms with van der Waals surface area (Å²) < 4.78 is 68.9. The van der Waals surface area contributed by atoms with Crippen LogP contribution in [0, 0.1) is 5.41 Å². The number of aryl methyl sites for hydroxylation is 1. The summed E-state index contributed by atoms with van der Waals surface area (Å²) in [7, 11) is 0. The van der Waals surface area contributed by atoms with Gasteiger partial charge in [0.1, 0.15) is 6.54 Å². The Kier molecular flexibility index (Phi) is 8.54. The van der Waals surface area contributed by atoms with Crippen LogP contribution in [0.25, 0.3) is 16.9 Å². The molecule has 16 heteroatoms. The number of imidazole rings is 1. The van der Waals surface area contributed by atoms with Crippen molar-refractivity contribution in [2.75, 3.05) is 31.5 Å². The van der Waals surface area contributed by atoms with Crippen LogP contribution in [0.2, 0.25) is 0 Å². The lowest BCUT2D eigenvalue weighted by atomic mass is 9.81. The Morgan fingerprint density at radius 2 is 2.00 bits per heavy atom. The molecule has 234 valence electrons. The van der Waals surface area contributed by atoms with Crippen LogP contribution in [0.1, 0.15) is 35.0 Å². The second-order valence-corrected chi connectivity index (χ2v) is 10.7. The average Bonchev–Trinajstić information content (AvgIpc) is 3.69. The summed E-state index contributed by atoms with van der Waals surface area (Å²) in [6.07, 6.45) is -1.12. The van der Waals surface area contributed by atoms with Crippen LogP contribution in [-0.4, -0.2) is 79.1 Å². The number of anilines is 2. The number of amides is 1. The van der Waals surface area contributed by atoms with E-state index in [1.807, 2.05) is 17.9 Å². The first-order valence-corrected chi connectivity index (χ1v) is 13.7. The van der Waals surface area contributed by atoms with Crippen LogP contribution in [0.15, 0.2) is 43.0 Å². The van der Waals surface area contributed by atoms with E-state index in [4.69, 9.17) is 9.90 Å². The Morgan fingerprint density at radius 1 is 1.25 bits per heavy atom. The van der Waals surface area contributed by atoms with Crippen molar-refractivity contribution < 1.29 is 36.6 Å². The molecule has 2 aliphatic rings. The molecule has 4 aromatic rings. The van der Waals surface area contributed by atoms with Crippen molar-refractivity contribution >= 4 is 29.5 Å². The van der Waals surface area contributed by atoms with E-state index < -0.39 is 24.8 Å². The normalized spacial score (nSPS) is 15.8. The van der Waals surface area contributed by atoms with Gasteiger partial charge in [-0.2, -0.15) is 18.3 Å². The van der Waals surface area contributed by atoms with Crippen LogP contribution in [0.4, 0.5) is 33.5 Å². The van der Waals surface area contributed by atoms with E-state index in [-0.39, 0.29) is 40.5 Å². The van der Waals surface area contributed by atoms with Crippen LogP contribution in [0.5, 0.6) is 0 Å². The maximum Gasteiger partial charge on any atom is 0.435 e. The number of benzene rings is 1. The van der Waals surface area contributed by atoms with Crippen LogP contribution in [-0.2, 0) is 23.9 Å². The molecular formula is C28H29F5N8O3. The maximum atomic E-state index is 13.7. The van der Waals surface area contributed by atoms with E-state index in [0.717, 1.165) is 44.4 Å². The molecule has 0 aliphatic carbocycles. The number of carbonyl (C=O) groups is 2. The Labute approximate surface area is 247 Å². The quantitative estimate of drug-likeness (QED) is 0.206. The largest absolute Gasteiger partial charge is 0.483 e. The number of rotatable bonds is 7. The smallest absolute Gasteiger partial charge is 0.435 e. The van der Waals surface area contributed by atoms with Gasteiger partial charge in [-0.1, -0.05) is 6.92 Å². The van der Waals surface area contributed by atoms with Gasteiger partial charge in [-0.3, -0.25) is 18.7 Å². The first kappa shape index (κ1) is 30.8. The number of halogens is 5. The molecule has 44 heavy (non-hydrogen) atoms. The fourth-order valence-electron chi connectivity index (χ4n) is 5.62. The fourth-order valence-corrected chi connectivity index (χ4v) is 5.62. The van der Waals surface area contributed by atoms with Gasteiger partial charge in [0, 0.05) is 61.4 Å². The van der Waals surface area contributed by atoms with Crippen molar-refractivity contribution in [2.24, 2.45) is 5.41 Å². The van der Waals surface area contributed by atoms with Gasteiger partial charge >= 0.3 is 6.18 Å². The molecule has 5 heterocycles. The SMILES string of the molecule is CCc1cc(Nc2nccn3c(-c4cn(CC(F)F)nc4C(F)(F)F)cnc23)ccc1C(=O)N1CCC2(CNC2)C1.O=CO. The van der Waals surface area contributed by atoms with Crippen molar-refractivity contribution in [2.45, 2.75) is 38.9 Å². The standard InChI is InChI=1S/C27H27F5N8O.CH2O2/c1-2-16-9-17(3-4-18(16)25(41)38-7-5-26(15-38)13-33-14-26)36-23-24-35-10-20(40(24)8-6-34-23)19-11-39(12-21(28)29)37-22(19)27(30,31)32;2-1-3/h3-4,6,8-11,21,33H,2,5,7,12-15H2,1H3,(H,34,36);1H,(H,2,3). The molecule has 2 aliphatic heterocycles. The zero-order chi connectivity index (χ0) is 31.6. The van der Waals surface area contributed by atoms with Gasteiger partial charge in [0.2, 0.25) is 0 Å². The summed E-state index contributed by atoms with van der Waals surface area (Å²) in [5.41, 5.74) is 0.911. The Balaban J connectivity index is 0.00000123. The number of fused-ring (bicyclic) bond motifs is 1. The maximum absolute atomic E-state index is 13.7. The minimum Gasteiger partial charge on any atom is -0.483 e. The number of nitrogens with one attached hydrogen (secondary N) is 2. The van der Waals surface area contributed by atoms with E-state index >= 15 is 0 Å². The monoisotopic (exact) mass is 620 g/mol. The zero-order valence-corrected chi connectivity index (χ0v) is 23.5. The first-order valence-electron chi connectivity index (χ1n) is 13.7. The van der Waals surface area contributed by atoms with Crippen molar-refractivity contribution in [3.63, 3.8) is 0 Å². The number of carbonyl (C=O) groups excluding carboxylic acids is 1. The molecule has 3 N–H and O–H groups in total. The van der Waals surface area contributed by atoms with E-state index in [1.54, 1.807) is 12.1 Å². The summed E-state index contributed by atoms with van der Waals surface area (Å²) >= 11 is 0. The molecule has 1 spiro atoms. The number of aromatic nitrogens is 5. The second kappa shape index (κ2) is 12.2. The van der Waals surface area contributed by atoms with Gasteiger partial charge in [0.05, 0.1) is 17.5 Å². The first-order chi connectivity index (χ1) is 21.0. The summed E-state index contributed by atoms with van der Waals surface area (Å²) in [6.45, 7) is 4.08. The van der Waals surface area contributed by atoms with Gasteiger partial charge < -0.3 is 20.6 Å². The predicted molar refractivity (Wildman–Crippen MR) is 149 cm³/mol. The van der Waals surface area contributed by atoms with Crippen LogP contribution >= 0.6 is 0 Å². The van der Waals surface area contributed by atoms with Gasteiger partial charge in [-0.05, 0) is 36.6 Å². The average molecular weight is 621 g/mol. The molecule has 2 saturated heterocycles. The van der Waals surface area contributed by atoms with E-state index in [0.29, 0.717) is 22.4 Å². The minimum absolute atomic E-state index is 0.00292. The molecule has 2 fully saturated rings. The molecule has 1 aromatic carbocycles. The lowest BCUT2D eigenvalue weighted by Gasteiger charge is -2.39. The van der Waals surface area contributed by atoms with Gasteiger partial charge in [0.25, 0.3) is 18.8 Å². The molecule has 0 saturated carbocycles. The number of alkyl halides is 5. The molecular weight excluding hydrogens is 591 g/mol. The number of carboxylic acid groups (broad SMARTS) is 1.